The van der Waals surface area contributed by atoms with Crippen molar-refractivity contribution in [2.24, 2.45) is 0 Å². The van der Waals surface area contributed by atoms with Gasteiger partial charge in [0.15, 0.2) is 0 Å². The molecule has 0 heterocycles. The molecular weight excluding hydrogens is 260 g/mol. The lowest BCUT2D eigenvalue weighted by Gasteiger charge is -2.21. The molecule has 115 valence electrons. The zero-order chi connectivity index (χ0) is 16.0. The van der Waals surface area contributed by atoms with Gasteiger partial charge >= 0.3 is 0 Å². The van der Waals surface area contributed by atoms with E-state index < -0.39 is 0 Å². The summed E-state index contributed by atoms with van der Waals surface area (Å²) in [5.74, 6) is 0.630. The predicted molar refractivity (Wildman–Crippen MR) is 89.8 cm³/mol. The maximum absolute atomic E-state index is 12.2. The van der Waals surface area contributed by atoms with Gasteiger partial charge in [0.2, 0.25) is 5.91 Å². The Balaban J connectivity index is 2.57. The number of carbonyl (C=O) groups excluding carboxylic acids is 1. The molecule has 1 radical (unpaired) electrons. The SMILES string of the molecule is C=C1C=C[C](C(=O)NCCNC(C)(C)C)C=C1/C(C)=C/C. The summed E-state index contributed by atoms with van der Waals surface area (Å²) < 4.78 is 0. The van der Waals surface area contributed by atoms with Crippen LogP contribution in [0.5, 0.6) is 0 Å². The van der Waals surface area contributed by atoms with Crippen LogP contribution >= 0.6 is 0 Å². The highest BCUT2D eigenvalue weighted by Crippen LogP contribution is 2.27. The number of hydrogen-bond acceptors (Lipinski definition) is 2. The van der Waals surface area contributed by atoms with E-state index in [1.807, 2.05) is 38.2 Å². The molecular formula is C18H27N2O. The Hall–Kier alpha value is -1.61. The van der Waals surface area contributed by atoms with Crippen molar-refractivity contribution in [2.75, 3.05) is 13.1 Å². The Kier molecular flexibility index (Phi) is 6.16. The zero-order valence-corrected chi connectivity index (χ0v) is 13.8. The second kappa shape index (κ2) is 7.41. The van der Waals surface area contributed by atoms with Gasteiger partial charge in [-0.15, -0.1) is 0 Å². The molecule has 3 nitrogen and oxygen atoms in total. The van der Waals surface area contributed by atoms with E-state index in [0.717, 1.165) is 23.3 Å². The minimum absolute atomic E-state index is 0.0455. The number of rotatable bonds is 5. The van der Waals surface area contributed by atoms with Crippen LogP contribution in [0.15, 0.2) is 47.6 Å². The van der Waals surface area contributed by atoms with E-state index in [1.165, 1.54) is 0 Å². The molecule has 0 saturated heterocycles. The van der Waals surface area contributed by atoms with E-state index in [9.17, 15) is 4.79 Å². The van der Waals surface area contributed by atoms with Crippen LogP contribution in [-0.2, 0) is 4.79 Å². The van der Waals surface area contributed by atoms with Gasteiger partial charge in [0.1, 0.15) is 5.92 Å². The number of hydrogen-bond donors (Lipinski definition) is 2. The Morgan fingerprint density at radius 1 is 1.29 bits per heavy atom. The molecule has 0 aromatic carbocycles. The fraction of sp³-hybridized carbons (Fsp3) is 0.444. The third-order valence-electron chi connectivity index (χ3n) is 3.30. The molecule has 0 fully saturated rings. The van der Waals surface area contributed by atoms with Gasteiger partial charge in [0.05, 0.1) is 0 Å². The minimum Gasteiger partial charge on any atom is -0.354 e. The lowest BCUT2D eigenvalue weighted by atomic mass is 9.89. The van der Waals surface area contributed by atoms with Crippen LogP contribution in [0.1, 0.15) is 34.6 Å². The molecule has 1 aliphatic rings. The third-order valence-corrected chi connectivity index (χ3v) is 3.30. The first kappa shape index (κ1) is 17.4. The summed E-state index contributed by atoms with van der Waals surface area (Å²) >= 11 is 0. The molecule has 0 atom stereocenters. The van der Waals surface area contributed by atoms with Crippen molar-refractivity contribution in [2.45, 2.75) is 40.2 Å². The van der Waals surface area contributed by atoms with Crippen molar-refractivity contribution in [1.29, 1.82) is 0 Å². The largest absolute Gasteiger partial charge is 0.354 e. The van der Waals surface area contributed by atoms with Crippen molar-refractivity contribution in [3.8, 4) is 0 Å². The molecule has 1 aliphatic carbocycles. The highest BCUT2D eigenvalue weighted by Gasteiger charge is 2.19. The summed E-state index contributed by atoms with van der Waals surface area (Å²) in [6.45, 7) is 15.7. The molecule has 0 spiro atoms. The van der Waals surface area contributed by atoms with Crippen molar-refractivity contribution in [3.05, 3.63) is 53.5 Å². The number of carbonyl (C=O) groups is 1. The molecule has 0 aliphatic heterocycles. The molecule has 0 saturated carbocycles. The molecule has 1 amide bonds. The Morgan fingerprint density at radius 2 is 1.95 bits per heavy atom. The zero-order valence-electron chi connectivity index (χ0n) is 13.8. The van der Waals surface area contributed by atoms with Gasteiger partial charge in [-0.2, -0.15) is 0 Å². The molecule has 0 aromatic heterocycles. The van der Waals surface area contributed by atoms with Crippen molar-refractivity contribution < 1.29 is 4.79 Å². The Bertz CT molecular complexity index is 486. The van der Waals surface area contributed by atoms with E-state index in [-0.39, 0.29) is 11.4 Å². The normalized spacial score (nSPS) is 16.9. The smallest absolute Gasteiger partial charge is 0.235 e. The van der Waals surface area contributed by atoms with Crippen LogP contribution < -0.4 is 10.6 Å². The molecule has 2 N–H and O–H groups in total. The lowest BCUT2D eigenvalue weighted by Crippen LogP contribution is -2.42. The van der Waals surface area contributed by atoms with E-state index in [0.29, 0.717) is 12.5 Å². The average molecular weight is 287 g/mol. The van der Waals surface area contributed by atoms with E-state index in [2.05, 4.69) is 38.0 Å². The third kappa shape index (κ3) is 5.72. The van der Waals surface area contributed by atoms with E-state index in [4.69, 9.17) is 0 Å². The number of amides is 1. The van der Waals surface area contributed by atoms with Crippen molar-refractivity contribution in [3.63, 3.8) is 0 Å². The van der Waals surface area contributed by atoms with Crippen LogP contribution in [-0.4, -0.2) is 24.5 Å². The second-order valence-corrected chi connectivity index (χ2v) is 6.28. The summed E-state index contributed by atoms with van der Waals surface area (Å²) in [5, 5.41) is 6.28. The number of allylic oxidation sites excluding steroid dienone is 5. The Morgan fingerprint density at radius 3 is 2.52 bits per heavy atom. The summed E-state index contributed by atoms with van der Waals surface area (Å²) in [5.41, 5.74) is 3.16. The van der Waals surface area contributed by atoms with Crippen LogP contribution in [0.4, 0.5) is 0 Å². The summed E-state index contributed by atoms with van der Waals surface area (Å²) in [4.78, 5) is 12.2. The molecule has 3 heteroatoms. The van der Waals surface area contributed by atoms with Gasteiger partial charge in [-0.3, -0.25) is 4.79 Å². The monoisotopic (exact) mass is 287 g/mol. The van der Waals surface area contributed by atoms with Crippen LogP contribution in [0, 0.1) is 5.92 Å². The van der Waals surface area contributed by atoms with Crippen LogP contribution in [0.3, 0.4) is 0 Å². The fourth-order valence-corrected chi connectivity index (χ4v) is 1.96. The standard InChI is InChI=1S/C18H27N2O/c1-7-13(2)16-12-15(9-8-14(16)3)17(21)19-10-11-20-18(4,5)6/h7-9,12,20H,3,10-11H2,1-2,4-6H3,(H,19,21)/b13-7+. The quantitative estimate of drug-likeness (QED) is 0.763. The molecule has 0 unspecified atom stereocenters. The molecule has 0 aromatic rings. The molecule has 1 rings (SSSR count). The molecule has 21 heavy (non-hydrogen) atoms. The van der Waals surface area contributed by atoms with Gasteiger partial charge in [0.25, 0.3) is 0 Å². The van der Waals surface area contributed by atoms with Gasteiger partial charge < -0.3 is 10.6 Å². The lowest BCUT2D eigenvalue weighted by molar-refractivity contribution is -0.118. The van der Waals surface area contributed by atoms with E-state index >= 15 is 0 Å². The van der Waals surface area contributed by atoms with Crippen molar-refractivity contribution >= 4 is 5.91 Å². The van der Waals surface area contributed by atoms with Gasteiger partial charge in [-0.05, 0) is 51.3 Å². The summed E-state index contributed by atoms with van der Waals surface area (Å²) in [6.07, 6.45) is 7.65. The first-order chi connectivity index (χ1) is 9.74. The maximum Gasteiger partial charge on any atom is 0.235 e. The summed E-state index contributed by atoms with van der Waals surface area (Å²) in [7, 11) is 0. The van der Waals surface area contributed by atoms with Crippen LogP contribution in [0.25, 0.3) is 0 Å². The van der Waals surface area contributed by atoms with Gasteiger partial charge in [0, 0.05) is 18.6 Å². The average Bonchev–Trinajstić information content (AvgIpc) is 2.42. The maximum atomic E-state index is 12.2. The Labute approximate surface area is 128 Å². The van der Waals surface area contributed by atoms with Gasteiger partial charge in [-0.1, -0.05) is 30.9 Å². The highest BCUT2D eigenvalue weighted by molar-refractivity contribution is 5.96. The van der Waals surface area contributed by atoms with E-state index in [1.54, 1.807) is 0 Å². The fourth-order valence-electron chi connectivity index (χ4n) is 1.96. The predicted octanol–water partition coefficient (Wildman–Crippen LogP) is 3.08. The summed E-state index contributed by atoms with van der Waals surface area (Å²) in [6, 6.07) is 0. The highest BCUT2D eigenvalue weighted by atomic mass is 16.1. The first-order valence-corrected chi connectivity index (χ1v) is 7.37. The molecule has 0 bridgehead atoms. The first-order valence-electron chi connectivity index (χ1n) is 7.37. The van der Waals surface area contributed by atoms with Crippen LogP contribution in [0.2, 0.25) is 0 Å². The minimum atomic E-state index is -0.0455. The topological polar surface area (TPSA) is 41.1 Å². The number of nitrogens with one attached hydrogen (secondary N) is 2. The van der Waals surface area contributed by atoms with Gasteiger partial charge in [-0.25, -0.2) is 0 Å². The second-order valence-electron chi connectivity index (χ2n) is 6.28. The van der Waals surface area contributed by atoms with Crippen molar-refractivity contribution in [1.82, 2.24) is 10.6 Å².